The van der Waals surface area contributed by atoms with Crippen molar-refractivity contribution in [2.45, 2.75) is 37.5 Å². The smallest absolute Gasteiger partial charge is 0.164 e. The first-order chi connectivity index (χ1) is 24.2. The van der Waals surface area contributed by atoms with E-state index in [9.17, 15) is 0 Å². The lowest BCUT2D eigenvalue weighted by atomic mass is 9.77. The summed E-state index contributed by atoms with van der Waals surface area (Å²) in [6, 6.07) is 50.0. The van der Waals surface area contributed by atoms with E-state index in [-0.39, 0.29) is 0 Å². The lowest BCUT2D eigenvalue weighted by Gasteiger charge is -2.27. The molecule has 2 bridgehead atoms. The molecule has 0 N–H and O–H groups in total. The number of nitrogens with zero attached hydrogens (tertiary/aromatic N) is 5. The Bertz CT molecular complexity index is 2200. The molecule has 9 rings (SSSR count). The van der Waals surface area contributed by atoms with E-state index >= 15 is 0 Å². The normalized spacial score (nSPS) is 18.1. The lowest BCUT2D eigenvalue weighted by molar-refractivity contribution is 0.419. The molecule has 5 aromatic carbocycles. The predicted molar refractivity (Wildman–Crippen MR) is 196 cm³/mol. The molecule has 5 nitrogen and oxygen atoms in total. The number of benzene rings is 5. The van der Waals surface area contributed by atoms with E-state index in [4.69, 9.17) is 24.9 Å². The number of hydrogen-bond acceptors (Lipinski definition) is 5. The van der Waals surface area contributed by atoms with Crippen LogP contribution in [0.15, 0.2) is 146 Å². The third-order valence-corrected chi connectivity index (χ3v) is 10.4. The van der Waals surface area contributed by atoms with Gasteiger partial charge in [0.15, 0.2) is 23.3 Å². The second kappa shape index (κ2) is 12.3. The lowest BCUT2D eigenvalue weighted by Crippen LogP contribution is -2.19. The van der Waals surface area contributed by atoms with Crippen molar-refractivity contribution in [1.29, 1.82) is 0 Å². The Hall–Kier alpha value is -5.81. The summed E-state index contributed by atoms with van der Waals surface area (Å²) in [5.74, 6) is 3.50. The van der Waals surface area contributed by atoms with Gasteiger partial charge in [0.2, 0.25) is 0 Å². The van der Waals surface area contributed by atoms with Crippen molar-refractivity contribution in [1.82, 2.24) is 24.9 Å². The van der Waals surface area contributed by atoms with Gasteiger partial charge in [-0.2, -0.15) is 0 Å². The zero-order valence-corrected chi connectivity index (χ0v) is 27.2. The highest BCUT2D eigenvalue weighted by atomic mass is 15.0. The van der Waals surface area contributed by atoms with E-state index in [0.717, 1.165) is 50.7 Å². The minimum atomic E-state index is 0.328. The van der Waals surface area contributed by atoms with Crippen LogP contribution < -0.4 is 0 Å². The SMILES string of the molecule is c1ccc(-c2nc(-c3cccc(-c4nc(-c5ccccc5)nc(-c5ccccc5)n4)c3)cc(-c3cccc(C45CCC(CC4)C5)c3)n2)cc1. The Balaban J connectivity index is 1.16. The van der Waals surface area contributed by atoms with Crippen molar-refractivity contribution < 1.29 is 0 Å². The van der Waals surface area contributed by atoms with Gasteiger partial charge < -0.3 is 0 Å². The van der Waals surface area contributed by atoms with E-state index in [1.165, 1.54) is 37.7 Å². The van der Waals surface area contributed by atoms with Crippen LogP contribution in [0.5, 0.6) is 0 Å². The van der Waals surface area contributed by atoms with Gasteiger partial charge in [0.25, 0.3) is 0 Å². The second-order valence-corrected chi connectivity index (χ2v) is 13.5. The average Bonchev–Trinajstić information content (AvgIpc) is 3.82. The molecule has 2 aliphatic carbocycles. The molecule has 2 aromatic heterocycles. The zero-order valence-electron chi connectivity index (χ0n) is 27.2. The van der Waals surface area contributed by atoms with Crippen LogP contribution in [0.3, 0.4) is 0 Å². The fourth-order valence-corrected chi connectivity index (χ4v) is 7.82. The van der Waals surface area contributed by atoms with Crippen LogP contribution >= 0.6 is 0 Å². The van der Waals surface area contributed by atoms with Crippen LogP contribution in [0, 0.1) is 5.92 Å². The minimum Gasteiger partial charge on any atom is -0.228 e. The maximum Gasteiger partial charge on any atom is 0.164 e. The number of rotatable bonds is 7. The summed E-state index contributed by atoms with van der Waals surface area (Å²) >= 11 is 0. The highest BCUT2D eigenvalue weighted by molar-refractivity contribution is 5.75. The van der Waals surface area contributed by atoms with E-state index in [1.54, 1.807) is 0 Å². The van der Waals surface area contributed by atoms with Gasteiger partial charge in [0, 0.05) is 33.4 Å². The third kappa shape index (κ3) is 5.72. The molecule has 0 radical (unpaired) electrons. The van der Waals surface area contributed by atoms with Crippen molar-refractivity contribution in [2.24, 2.45) is 5.92 Å². The fourth-order valence-electron chi connectivity index (χ4n) is 7.82. The molecule has 49 heavy (non-hydrogen) atoms. The van der Waals surface area contributed by atoms with Gasteiger partial charge in [-0.1, -0.05) is 127 Å². The second-order valence-electron chi connectivity index (χ2n) is 13.5. The molecule has 236 valence electrons. The van der Waals surface area contributed by atoms with Crippen LogP contribution in [0.4, 0.5) is 0 Å². The van der Waals surface area contributed by atoms with E-state index in [2.05, 4.69) is 66.7 Å². The van der Waals surface area contributed by atoms with Gasteiger partial charge in [-0.3, -0.25) is 0 Å². The van der Waals surface area contributed by atoms with Gasteiger partial charge >= 0.3 is 0 Å². The predicted octanol–water partition coefficient (Wildman–Crippen LogP) is 10.5. The first-order valence-electron chi connectivity index (χ1n) is 17.2. The molecule has 2 fully saturated rings. The summed E-state index contributed by atoms with van der Waals surface area (Å²) in [7, 11) is 0. The van der Waals surface area contributed by atoms with Gasteiger partial charge in [-0.25, -0.2) is 24.9 Å². The molecule has 0 amide bonds. The summed E-state index contributed by atoms with van der Waals surface area (Å²) in [4.78, 5) is 25.1. The summed E-state index contributed by atoms with van der Waals surface area (Å²) in [6.07, 6.45) is 6.64. The molecule has 0 saturated heterocycles. The first kappa shape index (κ1) is 29.3. The molecule has 2 saturated carbocycles. The van der Waals surface area contributed by atoms with Crippen molar-refractivity contribution in [3.05, 3.63) is 151 Å². The van der Waals surface area contributed by atoms with Gasteiger partial charge in [-0.15, -0.1) is 0 Å². The maximum atomic E-state index is 5.15. The highest BCUT2D eigenvalue weighted by Gasteiger charge is 2.45. The molecule has 0 spiro atoms. The Labute approximate surface area is 286 Å². The summed E-state index contributed by atoms with van der Waals surface area (Å²) in [6.45, 7) is 0. The van der Waals surface area contributed by atoms with Crippen LogP contribution in [-0.2, 0) is 5.41 Å². The van der Waals surface area contributed by atoms with Gasteiger partial charge in [0.05, 0.1) is 11.4 Å². The Morgan fingerprint density at radius 2 is 0.816 bits per heavy atom. The summed E-state index contributed by atoms with van der Waals surface area (Å²) < 4.78 is 0. The van der Waals surface area contributed by atoms with Crippen molar-refractivity contribution >= 4 is 0 Å². The van der Waals surface area contributed by atoms with E-state index < -0.39 is 0 Å². The largest absolute Gasteiger partial charge is 0.228 e. The van der Waals surface area contributed by atoms with Gasteiger partial charge in [0.1, 0.15) is 0 Å². The Kier molecular flexibility index (Phi) is 7.38. The Morgan fingerprint density at radius 3 is 1.33 bits per heavy atom. The standard InChI is InChI=1S/C44H35N5/c1-4-12-31(13-5-1)40-45-38(28-39(46-40)35-19-11-21-37(27-35)44-24-22-30(29-44)23-25-44)34-18-10-20-36(26-34)43-48-41(32-14-6-2-7-15-32)47-42(49-43)33-16-8-3-9-17-33/h1-21,26-28,30H,22-25,29H2. The molecule has 0 unspecified atom stereocenters. The van der Waals surface area contributed by atoms with Crippen molar-refractivity contribution in [3.63, 3.8) is 0 Å². The fraction of sp³-hybridized carbons (Fsp3) is 0.159. The molecular weight excluding hydrogens is 599 g/mol. The Morgan fingerprint density at radius 1 is 0.388 bits per heavy atom. The topological polar surface area (TPSA) is 64.5 Å². The molecule has 7 aromatic rings. The van der Waals surface area contributed by atoms with Crippen LogP contribution in [0.25, 0.3) is 68.1 Å². The third-order valence-electron chi connectivity index (χ3n) is 10.4. The monoisotopic (exact) mass is 633 g/mol. The first-order valence-corrected chi connectivity index (χ1v) is 17.2. The van der Waals surface area contributed by atoms with Crippen LogP contribution in [0.2, 0.25) is 0 Å². The number of fused-ring (bicyclic) bond motifs is 2. The van der Waals surface area contributed by atoms with Crippen molar-refractivity contribution in [3.8, 4) is 68.1 Å². The van der Waals surface area contributed by atoms with Gasteiger partial charge in [-0.05, 0) is 67.2 Å². The number of aromatic nitrogens is 5. The average molecular weight is 634 g/mol. The van der Waals surface area contributed by atoms with Crippen LogP contribution in [-0.4, -0.2) is 24.9 Å². The molecule has 0 aliphatic heterocycles. The molecule has 2 aliphatic rings. The minimum absolute atomic E-state index is 0.328. The van der Waals surface area contributed by atoms with Crippen molar-refractivity contribution in [2.75, 3.05) is 0 Å². The maximum absolute atomic E-state index is 5.15. The molecule has 2 heterocycles. The highest BCUT2D eigenvalue weighted by Crippen LogP contribution is 2.55. The molecule has 0 atom stereocenters. The quantitative estimate of drug-likeness (QED) is 0.175. The van der Waals surface area contributed by atoms with E-state index in [0.29, 0.717) is 28.7 Å². The van der Waals surface area contributed by atoms with Crippen LogP contribution in [0.1, 0.15) is 37.7 Å². The molecular formula is C44H35N5. The van der Waals surface area contributed by atoms with E-state index in [1.807, 2.05) is 78.9 Å². The number of hydrogen-bond donors (Lipinski definition) is 0. The molecule has 5 heteroatoms. The summed E-state index contributed by atoms with van der Waals surface area (Å²) in [5.41, 5.74) is 9.47. The summed E-state index contributed by atoms with van der Waals surface area (Å²) in [5, 5.41) is 0. The zero-order chi connectivity index (χ0) is 32.6.